The fraction of sp³-hybridized carbons (Fsp3) is 0.895. The molecule has 0 radical (unpaired) electrons. The van der Waals surface area contributed by atoms with Gasteiger partial charge in [-0.1, -0.05) is 0 Å². The van der Waals surface area contributed by atoms with E-state index in [1.807, 2.05) is 4.90 Å². The van der Waals surface area contributed by atoms with Crippen molar-refractivity contribution < 1.29 is 9.59 Å². The van der Waals surface area contributed by atoms with Crippen LogP contribution < -0.4 is 10.6 Å². The van der Waals surface area contributed by atoms with Crippen LogP contribution in [0.4, 0.5) is 4.79 Å². The highest BCUT2D eigenvalue weighted by Gasteiger charge is 2.28. The average Bonchev–Trinajstić information content (AvgIpc) is 2.68. The fourth-order valence-corrected chi connectivity index (χ4v) is 4.42. The molecule has 0 atom stereocenters. The van der Waals surface area contributed by atoms with Crippen LogP contribution in [-0.4, -0.2) is 91.6 Å². The van der Waals surface area contributed by atoms with Crippen LogP contribution in [0.5, 0.6) is 0 Å². The van der Waals surface area contributed by atoms with Gasteiger partial charge in [0.15, 0.2) is 0 Å². The Morgan fingerprint density at radius 1 is 0.885 bits per heavy atom. The number of amides is 3. The predicted molar refractivity (Wildman–Crippen MR) is 102 cm³/mol. The fourth-order valence-electron chi connectivity index (χ4n) is 4.42. The summed E-state index contributed by atoms with van der Waals surface area (Å²) in [7, 11) is 2.20. The van der Waals surface area contributed by atoms with Gasteiger partial charge >= 0.3 is 6.03 Å². The van der Waals surface area contributed by atoms with Gasteiger partial charge < -0.3 is 25.3 Å². The molecule has 0 aromatic carbocycles. The molecule has 0 aromatic heterocycles. The van der Waals surface area contributed by atoms with Gasteiger partial charge in [-0.3, -0.25) is 4.79 Å². The van der Waals surface area contributed by atoms with E-state index in [0.717, 1.165) is 51.9 Å². The van der Waals surface area contributed by atoms with Gasteiger partial charge in [-0.2, -0.15) is 0 Å². The Labute approximate surface area is 157 Å². The number of nitrogens with zero attached hydrogens (tertiary/aromatic N) is 3. The number of rotatable bonds is 4. The zero-order chi connectivity index (χ0) is 18.4. The number of urea groups is 1. The van der Waals surface area contributed by atoms with E-state index in [1.54, 1.807) is 0 Å². The summed E-state index contributed by atoms with van der Waals surface area (Å²) in [6, 6.07) is 0.735. The summed E-state index contributed by atoms with van der Waals surface area (Å²) in [5, 5.41) is 5.80. The van der Waals surface area contributed by atoms with E-state index in [-0.39, 0.29) is 24.5 Å². The SMILES string of the molecule is CN1CCC(N2CCC(NC(=O)NCC(=O)N3CCCCC3)CC2)CC1. The Morgan fingerprint density at radius 3 is 2.19 bits per heavy atom. The van der Waals surface area contributed by atoms with Crippen molar-refractivity contribution >= 4 is 11.9 Å². The molecule has 7 heteroatoms. The number of carbonyl (C=O) groups excluding carboxylic acids is 2. The highest BCUT2D eigenvalue weighted by molar-refractivity contribution is 5.84. The van der Waals surface area contributed by atoms with Crippen molar-refractivity contribution in [3.63, 3.8) is 0 Å². The van der Waals surface area contributed by atoms with E-state index in [0.29, 0.717) is 6.04 Å². The summed E-state index contributed by atoms with van der Waals surface area (Å²) in [5.74, 6) is 0.0388. The van der Waals surface area contributed by atoms with E-state index < -0.39 is 0 Å². The molecule has 3 fully saturated rings. The highest BCUT2D eigenvalue weighted by atomic mass is 16.2. The summed E-state index contributed by atoms with van der Waals surface area (Å²) in [6.45, 7) is 6.28. The van der Waals surface area contributed by atoms with Crippen LogP contribution in [0.2, 0.25) is 0 Å². The minimum absolute atomic E-state index is 0.0388. The zero-order valence-corrected chi connectivity index (χ0v) is 16.2. The number of hydrogen-bond donors (Lipinski definition) is 2. The van der Waals surface area contributed by atoms with Crippen molar-refractivity contribution in [2.45, 2.75) is 57.0 Å². The van der Waals surface area contributed by atoms with Gasteiger partial charge in [0.1, 0.15) is 0 Å². The maximum atomic E-state index is 12.1. The molecular weight excluding hydrogens is 330 g/mol. The first-order chi connectivity index (χ1) is 12.6. The third-order valence-electron chi connectivity index (χ3n) is 6.18. The molecule has 3 saturated heterocycles. The Hall–Kier alpha value is -1.34. The van der Waals surface area contributed by atoms with Gasteiger partial charge in [0.05, 0.1) is 6.54 Å². The number of hydrogen-bond acceptors (Lipinski definition) is 4. The Bertz CT molecular complexity index is 465. The van der Waals surface area contributed by atoms with Gasteiger partial charge in [0.25, 0.3) is 0 Å². The lowest BCUT2D eigenvalue weighted by molar-refractivity contribution is -0.130. The maximum absolute atomic E-state index is 12.1. The molecule has 3 aliphatic heterocycles. The van der Waals surface area contributed by atoms with Crippen LogP contribution in [0.25, 0.3) is 0 Å². The molecule has 26 heavy (non-hydrogen) atoms. The molecule has 7 nitrogen and oxygen atoms in total. The van der Waals surface area contributed by atoms with E-state index in [9.17, 15) is 9.59 Å². The minimum Gasteiger partial charge on any atom is -0.341 e. The number of piperidine rings is 3. The van der Waals surface area contributed by atoms with E-state index >= 15 is 0 Å². The van der Waals surface area contributed by atoms with Crippen LogP contribution in [0, 0.1) is 0 Å². The standard InChI is InChI=1S/C19H35N5O2/c1-22-11-7-17(8-12-22)23-13-5-16(6-14-23)21-19(26)20-15-18(25)24-9-3-2-4-10-24/h16-17H,2-15H2,1H3,(H2,20,21,26). The molecule has 0 aromatic rings. The molecule has 0 spiro atoms. The Morgan fingerprint density at radius 2 is 1.54 bits per heavy atom. The largest absolute Gasteiger partial charge is 0.341 e. The lowest BCUT2D eigenvalue weighted by Crippen LogP contribution is -2.52. The first-order valence-corrected chi connectivity index (χ1v) is 10.4. The van der Waals surface area contributed by atoms with Gasteiger partial charge in [-0.15, -0.1) is 0 Å². The van der Waals surface area contributed by atoms with Crippen LogP contribution >= 0.6 is 0 Å². The summed E-state index contributed by atoms with van der Waals surface area (Å²) >= 11 is 0. The highest BCUT2D eigenvalue weighted by Crippen LogP contribution is 2.20. The number of carbonyl (C=O) groups is 2. The van der Waals surface area contributed by atoms with Crippen molar-refractivity contribution in [3.8, 4) is 0 Å². The van der Waals surface area contributed by atoms with Gasteiger partial charge in [-0.05, 0) is 65.1 Å². The average molecular weight is 366 g/mol. The van der Waals surface area contributed by atoms with E-state index in [2.05, 4.69) is 27.5 Å². The molecule has 2 N–H and O–H groups in total. The maximum Gasteiger partial charge on any atom is 0.315 e. The summed E-state index contributed by atoms with van der Waals surface area (Å²) in [6.07, 6.45) is 7.87. The molecule has 3 heterocycles. The van der Waals surface area contributed by atoms with Crippen LogP contribution in [0.3, 0.4) is 0 Å². The van der Waals surface area contributed by atoms with Crippen molar-refractivity contribution in [1.82, 2.24) is 25.3 Å². The van der Waals surface area contributed by atoms with Crippen LogP contribution in [0.15, 0.2) is 0 Å². The summed E-state index contributed by atoms with van der Waals surface area (Å²) in [5.41, 5.74) is 0. The number of nitrogens with one attached hydrogen (secondary N) is 2. The number of likely N-dealkylation sites (tertiary alicyclic amines) is 3. The second kappa shape index (κ2) is 9.55. The lowest BCUT2D eigenvalue weighted by Gasteiger charge is -2.41. The minimum atomic E-state index is -0.201. The molecule has 0 unspecified atom stereocenters. The van der Waals surface area contributed by atoms with Crippen LogP contribution in [0.1, 0.15) is 44.9 Å². The van der Waals surface area contributed by atoms with Gasteiger partial charge in [-0.25, -0.2) is 4.79 Å². The second-order valence-electron chi connectivity index (χ2n) is 8.11. The molecule has 0 aliphatic carbocycles. The molecule has 148 valence electrons. The van der Waals surface area contributed by atoms with Gasteiger partial charge in [0.2, 0.25) is 5.91 Å². The molecule has 3 rings (SSSR count). The van der Waals surface area contributed by atoms with Crippen molar-refractivity contribution in [3.05, 3.63) is 0 Å². The first kappa shape index (κ1) is 19.4. The zero-order valence-electron chi connectivity index (χ0n) is 16.2. The lowest BCUT2D eigenvalue weighted by atomic mass is 9.98. The topological polar surface area (TPSA) is 67.9 Å². The second-order valence-corrected chi connectivity index (χ2v) is 8.11. The molecular formula is C19H35N5O2. The Kier molecular flexibility index (Phi) is 7.14. The summed E-state index contributed by atoms with van der Waals surface area (Å²) in [4.78, 5) is 31.1. The smallest absolute Gasteiger partial charge is 0.315 e. The van der Waals surface area contributed by atoms with Crippen molar-refractivity contribution in [1.29, 1.82) is 0 Å². The van der Waals surface area contributed by atoms with Crippen molar-refractivity contribution in [2.24, 2.45) is 0 Å². The van der Waals surface area contributed by atoms with Gasteiger partial charge in [0, 0.05) is 38.3 Å². The van der Waals surface area contributed by atoms with E-state index in [4.69, 9.17) is 0 Å². The Balaban J connectivity index is 1.31. The van der Waals surface area contributed by atoms with E-state index in [1.165, 1.54) is 32.4 Å². The van der Waals surface area contributed by atoms with Crippen molar-refractivity contribution in [2.75, 3.05) is 52.9 Å². The normalized spacial score (nSPS) is 24.4. The monoisotopic (exact) mass is 365 g/mol. The third kappa shape index (κ3) is 5.58. The first-order valence-electron chi connectivity index (χ1n) is 10.4. The predicted octanol–water partition coefficient (Wildman–Crippen LogP) is 0.857. The van der Waals surface area contributed by atoms with Crippen LogP contribution in [-0.2, 0) is 4.79 Å². The quantitative estimate of drug-likeness (QED) is 0.775. The summed E-state index contributed by atoms with van der Waals surface area (Å²) < 4.78 is 0. The molecule has 0 bridgehead atoms. The molecule has 3 amide bonds. The molecule has 0 saturated carbocycles. The third-order valence-corrected chi connectivity index (χ3v) is 6.18. The molecule has 3 aliphatic rings.